The van der Waals surface area contributed by atoms with Crippen molar-refractivity contribution in [1.29, 1.82) is 0 Å². The summed E-state index contributed by atoms with van der Waals surface area (Å²) < 4.78 is 45.7. The number of carbonyl (C=O) groups is 1. The van der Waals surface area contributed by atoms with Crippen molar-refractivity contribution in [3.63, 3.8) is 0 Å². The second kappa shape index (κ2) is 6.97. The molecule has 0 unspecified atom stereocenters. The van der Waals surface area contributed by atoms with Gasteiger partial charge in [-0.05, 0) is 32.1 Å². The molecule has 106 valence electrons. The maximum absolute atomic E-state index is 11.9. The van der Waals surface area contributed by atoms with E-state index >= 15 is 0 Å². The molecular weight excluding hydrogens is 249 g/mol. The molecule has 1 aliphatic rings. The number of hydrogen-bond donors (Lipinski definition) is 0. The smallest absolute Gasteiger partial charge is 0.389 e. The number of halogens is 3. The molecule has 0 bridgehead atoms. The fourth-order valence-corrected chi connectivity index (χ4v) is 2.15. The predicted molar refractivity (Wildman–Crippen MR) is 59.0 cm³/mol. The molecule has 0 aromatic heterocycles. The van der Waals surface area contributed by atoms with E-state index in [0.717, 1.165) is 0 Å². The number of ether oxygens (including phenoxy) is 2. The van der Waals surface area contributed by atoms with E-state index in [-0.39, 0.29) is 31.0 Å². The Labute approximate surface area is 105 Å². The minimum atomic E-state index is -4.11. The van der Waals surface area contributed by atoms with Crippen LogP contribution in [0.15, 0.2) is 0 Å². The van der Waals surface area contributed by atoms with Crippen molar-refractivity contribution < 1.29 is 27.4 Å². The van der Waals surface area contributed by atoms with Gasteiger partial charge in [-0.3, -0.25) is 4.79 Å². The van der Waals surface area contributed by atoms with Gasteiger partial charge in [-0.2, -0.15) is 13.2 Å². The Hall–Kier alpha value is -0.780. The molecule has 0 spiro atoms. The largest absolute Gasteiger partial charge is 0.469 e. The van der Waals surface area contributed by atoms with Gasteiger partial charge in [0, 0.05) is 13.0 Å². The van der Waals surface area contributed by atoms with Crippen molar-refractivity contribution in [2.24, 2.45) is 5.92 Å². The second-order valence-corrected chi connectivity index (χ2v) is 4.59. The molecule has 0 amide bonds. The summed E-state index contributed by atoms with van der Waals surface area (Å²) in [6.45, 7) is 0.132. The van der Waals surface area contributed by atoms with Crippen molar-refractivity contribution in [3.05, 3.63) is 0 Å². The highest BCUT2D eigenvalue weighted by molar-refractivity contribution is 5.72. The molecule has 0 aromatic carbocycles. The summed E-state index contributed by atoms with van der Waals surface area (Å²) in [5.74, 6) is -0.282. The summed E-state index contributed by atoms with van der Waals surface area (Å²) in [4.78, 5) is 11.3. The quantitative estimate of drug-likeness (QED) is 0.568. The Morgan fingerprint density at radius 2 is 1.83 bits per heavy atom. The van der Waals surface area contributed by atoms with Crippen molar-refractivity contribution in [2.45, 2.75) is 50.8 Å². The topological polar surface area (TPSA) is 35.5 Å². The van der Waals surface area contributed by atoms with Crippen LogP contribution in [0.4, 0.5) is 13.2 Å². The fourth-order valence-electron chi connectivity index (χ4n) is 2.15. The van der Waals surface area contributed by atoms with E-state index in [4.69, 9.17) is 4.74 Å². The number of esters is 1. The van der Waals surface area contributed by atoms with E-state index < -0.39 is 12.6 Å². The Balaban J connectivity index is 2.11. The molecule has 0 heterocycles. The molecule has 0 N–H and O–H groups in total. The lowest BCUT2D eigenvalue weighted by Gasteiger charge is -2.27. The van der Waals surface area contributed by atoms with Gasteiger partial charge in [0.05, 0.1) is 19.1 Å². The van der Waals surface area contributed by atoms with E-state index in [9.17, 15) is 18.0 Å². The van der Waals surface area contributed by atoms with Crippen LogP contribution in [0.2, 0.25) is 0 Å². The van der Waals surface area contributed by atoms with Crippen LogP contribution in [0.3, 0.4) is 0 Å². The summed E-state index contributed by atoms with van der Waals surface area (Å²) in [7, 11) is 1.36. The maximum atomic E-state index is 11.9. The molecule has 0 aliphatic heterocycles. The summed E-state index contributed by atoms with van der Waals surface area (Å²) in [6.07, 6.45) is -2.11. The molecule has 0 atom stereocenters. The van der Waals surface area contributed by atoms with Gasteiger partial charge in [-0.1, -0.05) is 0 Å². The Morgan fingerprint density at radius 1 is 1.22 bits per heavy atom. The first-order valence-corrected chi connectivity index (χ1v) is 6.18. The number of rotatable bonds is 5. The van der Waals surface area contributed by atoms with Gasteiger partial charge in [-0.15, -0.1) is 0 Å². The van der Waals surface area contributed by atoms with Gasteiger partial charge < -0.3 is 9.47 Å². The van der Waals surface area contributed by atoms with Gasteiger partial charge in [-0.25, -0.2) is 0 Å². The Bertz CT molecular complexity index is 258. The van der Waals surface area contributed by atoms with E-state index in [1.807, 2.05) is 0 Å². The van der Waals surface area contributed by atoms with Gasteiger partial charge in [0.25, 0.3) is 0 Å². The Morgan fingerprint density at radius 3 is 2.33 bits per heavy atom. The summed E-state index contributed by atoms with van der Waals surface area (Å²) in [6, 6.07) is 0. The van der Waals surface area contributed by atoms with Crippen molar-refractivity contribution in [1.82, 2.24) is 0 Å². The zero-order valence-corrected chi connectivity index (χ0v) is 10.5. The lowest BCUT2D eigenvalue weighted by atomic mass is 9.87. The molecule has 6 heteroatoms. The molecule has 3 nitrogen and oxygen atoms in total. The monoisotopic (exact) mass is 268 g/mol. The van der Waals surface area contributed by atoms with Gasteiger partial charge in [0.1, 0.15) is 0 Å². The maximum Gasteiger partial charge on any atom is 0.389 e. The van der Waals surface area contributed by atoms with Crippen LogP contribution in [-0.2, 0) is 14.3 Å². The SMILES string of the molecule is COC(=O)C1CCC(OCCCC(F)(F)F)CC1. The van der Waals surface area contributed by atoms with Gasteiger partial charge in [0.15, 0.2) is 0 Å². The first kappa shape index (κ1) is 15.3. The second-order valence-electron chi connectivity index (χ2n) is 4.59. The predicted octanol–water partition coefficient (Wildman–Crippen LogP) is 3.08. The average molecular weight is 268 g/mol. The molecule has 18 heavy (non-hydrogen) atoms. The molecular formula is C12H19F3O3. The van der Waals surface area contributed by atoms with Crippen LogP contribution >= 0.6 is 0 Å². The highest BCUT2D eigenvalue weighted by Gasteiger charge is 2.28. The van der Waals surface area contributed by atoms with E-state index in [1.54, 1.807) is 0 Å². The normalized spacial score (nSPS) is 24.9. The third-order valence-corrected chi connectivity index (χ3v) is 3.17. The van der Waals surface area contributed by atoms with Crippen LogP contribution in [0.25, 0.3) is 0 Å². The highest BCUT2D eigenvalue weighted by atomic mass is 19.4. The van der Waals surface area contributed by atoms with Crippen LogP contribution in [0.1, 0.15) is 38.5 Å². The highest BCUT2D eigenvalue weighted by Crippen LogP contribution is 2.27. The number of hydrogen-bond acceptors (Lipinski definition) is 3. The molecule has 1 saturated carbocycles. The van der Waals surface area contributed by atoms with Crippen molar-refractivity contribution >= 4 is 5.97 Å². The molecule has 0 aromatic rings. The molecule has 1 fully saturated rings. The zero-order chi connectivity index (χ0) is 13.6. The molecule has 0 radical (unpaired) electrons. The number of methoxy groups -OCH3 is 1. The molecule has 1 rings (SSSR count). The number of carbonyl (C=O) groups excluding carboxylic acids is 1. The van der Waals surface area contributed by atoms with Gasteiger partial charge >= 0.3 is 12.1 Å². The zero-order valence-electron chi connectivity index (χ0n) is 10.5. The minimum absolute atomic E-state index is 0.000427. The first-order chi connectivity index (χ1) is 8.42. The fraction of sp³-hybridized carbons (Fsp3) is 0.917. The summed E-state index contributed by atoms with van der Waals surface area (Å²) >= 11 is 0. The molecule has 0 saturated heterocycles. The van der Waals surface area contributed by atoms with Crippen molar-refractivity contribution in [3.8, 4) is 0 Å². The third kappa shape index (κ3) is 5.71. The standard InChI is InChI=1S/C12H19F3O3/c1-17-11(16)9-3-5-10(6-4-9)18-8-2-7-12(13,14)15/h9-10H,2-8H2,1H3. The Kier molecular flexibility index (Phi) is 5.91. The molecule has 1 aliphatic carbocycles. The van der Waals surface area contributed by atoms with Crippen LogP contribution in [-0.4, -0.2) is 32.0 Å². The van der Waals surface area contributed by atoms with E-state index in [2.05, 4.69) is 4.74 Å². The number of alkyl halides is 3. The van der Waals surface area contributed by atoms with Gasteiger partial charge in [0.2, 0.25) is 0 Å². The van der Waals surface area contributed by atoms with Crippen molar-refractivity contribution in [2.75, 3.05) is 13.7 Å². The minimum Gasteiger partial charge on any atom is -0.469 e. The third-order valence-electron chi connectivity index (χ3n) is 3.17. The summed E-state index contributed by atoms with van der Waals surface area (Å²) in [5, 5.41) is 0. The lowest BCUT2D eigenvalue weighted by Crippen LogP contribution is -2.27. The lowest BCUT2D eigenvalue weighted by molar-refractivity contribution is -0.148. The summed E-state index contributed by atoms with van der Waals surface area (Å²) in [5.41, 5.74) is 0. The van der Waals surface area contributed by atoms with Crippen LogP contribution in [0.5, 0.6) is 0 Å². The first-order valence-electron chi connectivity index (χ1n) is 6.18. The van der Waals surface area contributed by atoms with E-state index in [1.165, 1.54) is 7.11 Å². The van der Waals surface area contributed by atoms with Crippen LogP contribution in [0, 0.1) is 5.92 Å². The van der Waals surface area contributed by atoms with E-state index in [0.29, 0.717) is 25.7 Å². The average Bonchev–Trinajstić information content (AvgIpc) is 2.33. The van der Waals surface area contributed by atoms with Crippen LogP contribution < -0.4 is 0 Å².